The first-order valence-electron chi connectivity index (χ1n) is 6.36. The molecule has 0 bridgehead atoms. The SMILES string of the molecule is CCCCC(C)NS(=O)(=O)c1cc(N)c(C)c(Cl)c1. The Morgan fingerprint density at radius 3 is 2.58 bits per heavy atom. The Hall–Kier alpha value is -0.780. The standard InChI is InChI=1S/C13H21ClN2O2S/c1-4-5-6-9(2)16-19(17,18)11-7-12(14)10(3)13(15)8-11/h7-9,16H,4-6,15H2,1-3H3. The molecule has 4 nitrogen and oxygen atoms in total. The molecule has 1 aromatic carbocycles. The molecule has 108 valence electrons. The van der Waals surface area contributed by atoms with Crippen molar-refractivity contribution in [2.24, 2.45) is 0 Å². The van der Waals surface area contributed by atoms with Gasteiger partial charge in [-0.2, -0.15) is 0 Å². The monoisotopic (exact) mass is 304 g/mol. The predicted molar refractivity (Wildman–Crippen MR) is 79.9 cm³/mol. The number of nitrogen functional groups attached to an aromatic ring is 1. The third kappa shape index (κ3) is 4.37. The molecule has 19 heavy (non-hydrogen) atoms. The summed E-state index contributed by atoms with van der Waals surface area (Å²) in [5.41, 5.74) is 6.83. The van der Waals surface area contributed by atoms with Crippen LogP contribution in [-0.4, -0.2) is 14.5 Å². The molecule has 0 aromatic heterocycles. The van der Waals surface area contributed by atoms with E-state index >= 15 is 0 Å². The van der Waals surface area contributed by atoms with Gasteiger partial charge in [0.15, 0.2) is 0 Å². The van der Waals surface area contributed by atoms with E-state index in [4.69, 9.17) is 17.3 Å². The molecule has 1 aromatic rings. The molecule has 1 unspecified atom stereocenters. The highest BCUT2D eigenvalue weighted by Gasteiger charge is 2.19. The maximum absolute atomic E-state index is 12.2. The van der Waals surface area contributed by atoms with Gasteiger partial charge < -0.3 is 5.73 Å². The minimum Gasteiger partial charge on any atom is -0.398 e. The molecule has 0 fully saturated rings. The van der Waals surface area contributed by atoms with E-state index in [2.05, 4.69) is 11.6 Å². The molecule has 1 rings (SSSR count). The van der Waals surface area contributed by atoms with Gasteiger partial charge in [0, 0.05) is 16.8 Å². The van der Waals surface area contributed by atoms with E-state index in [1.54, 1.807) is 6.92 Å². The lowest BCUT2D eigenvalue weighted by Crippen LogP contribution is -2.32. The molecule has 0 aliphatic heterocycles. The molecular formula is C13H21ClN2O2S. The molecule has 0 spiro atoms. The zero-order valence-corrected chi connectivity index (χ0v) is 13.1. The van der Waals surface area contributed by atoms with E-state index in [9.17, 15) is 8.42 Å². The lowest BCUT2D eigenvalue weighted by atomic mass is 10.2. The van der Waals surface area contributed by atoms with Crippen LogP contribution in [0.2, 0.25) is 5.02 Å². The quantitative estimate of drug-likeness (QED) is 0.793. The lowest BCUT2D eigenvalue weighted by Gasteiger charge is -2.15. The summed E-state index contributed by atoms with van der Waals surface area (Å²) in [6.45, 7) is 5.68. The molecule has 0 heterocycles. The van der Waals surface area contributed by atoms with Crippen LogP contribution in [0.25, 0.3) is 0 Å². The number of rotatable bonds is 6. The van der Waals surface area contributed by atoms with Crippen LogP contribution < -0.4 is 10.5 Å². The smallest absolute Gasteiger partial charge is 0.240 e. The van der Waals surface area contributed by atoms with Crippen LogP contribution in [0.4, 0.5) is 5.69 Å². The highest BCUT2D eigenvalue weighted by Crippen LogP contribution is 2.26. The van der Waals surface area contributed by atoms with Gasteiger partial charge in [-0.05, 0) is 38.0 Å². The second-order valence-corrected chi connectivity index (χ2v) is 6.91. The van der Waals surface area contributed by atoms with Crippen molar-refractivity contribution in [2.75, 3.05) is 5.73 Å². The third-order valence-electron chi connectivity index (χ3n) is 3.02. The van der Waals surface area contributed by atoms with Crippen LogP contribution in [-0.2, 0) is 10.0 Å². The first-order valence-corrected chi connectivity index (χ1v) is 8.22. The van der Waals surface area contributed by atoms with Crippen LogP contribution in [0.1, 0.15) is 38.7 Å². The third-order valence-corrected chi connectivity index (χ3v) is 4.98. The second-order valence-electron chi connectivity index (χ2n) is 4.78. The number of hydrogen-bond donors (Lipinski definition) is 2. The maximum Gasteiger partial charge on any atom is 0.240 e. The Kier molecular flexibility index (Phi) is 5.64. The minimum absolute atomic E-state index is 0.105. The number of halogens is 1. The predicted octanol–water partition coefficient (Wildman–Crippen LogP) is 3.09. The van der Waals surface area contributed by atoms with Crippen LogP contribution in [0.3, 0.4) is 0 Å². The number of anilines is 1. The molecule has 3 N–H and O–H groups in total. The van der Waals surface area contributed by atoms with Crippen LogP contribution in [0.15, 0.2) is 17.0 Å². The van der Waals surface area contributed by atoms with Crippen molar-refractivity contribution < 1.29 is 8.42 Å². The van der Waals surface area contributed by atoms with Crippen molar-refractivity contribution >= 4 is 27.3 Å². The molecular weight excluding hydrogens is 284 g/mol. The zero-order chi connectivity index (χ0) is 14.6. The van der Waals surface area contributed by atoms with Gasteiger partial charge in [-0.15, -0.1) is 0 Å². The highest BCUT2D eigenvalue weighted by molar-refractivity contribution is 7.89. The summed E-state index contributed by atoms with van der Waals surface area (Å²) >= 11 is 5.97. The number of hydrogen-bond acceptors (Lipinski definition) is 3. The molecule has 1 atom stereocenters. The first-order chi connectivity index (χ1) is 8.77. The molecule has 0 amide bonds. The Balaban J connectivity index is 2.95. The van der Waals surface area contributed by atoms with E-state index < -0.39 is 10.0 Å². The van der Waals surface area contributed by atoms with E-state index in [1.807, 2.05) is 6.92 Å². The highest BCUT2D eigenvalue weighted by atomic mass is 35.5. The summed E-state index contributed by atoms with van der Waals surface area (Å²) in [6, 6.07) is 2.77. The topological polar surface area (TPSA) is 72.2 Å². The molecule has 0 aliphatic carbocycles. The Bertz CT molecular complexity index is 521. The molecule has 0 saturated heterocycles. The van der Waals surface area contributed by atoms with E-state index in [0.29, 0.717) is 16.3 Å². The van der Waals surface area contributed by atoms with Crippen molar-refractivity contribution in [2.45, 2.75) is 51.0 Å². The van der Waals surface area contributed by atoms with Crippen molar-refractivity contribution in [3.8, 4) is 0 Å². The number of unbranched alkanes of at least 4 members (excludes halogenated alkanes) is 1. The van der Waals surface area contributed by atoms with Crippen LogP contribution >= 0.6 is 11.6 Å². The summed E-state index contributed by atoms with van der Waals surface area (Å²) in [4.78, 5) is 0.115. The van der Waals surface area contributed by atoms with Crippen molar-refractivity contribution in [1.29, 1.82) is 0 Å². The minimum atomic E-state index is -3.57. The van der Waals surface area contributed by atoms with Gasteiger partial charge in [-0.1, -0.05) is 31.4 Å². The number of benzene rings is 1. The largest absolute Gasteiger partial charge is 0.398 e. The van der Waals surface area contributed by atoms with Crippen molar-refractivity contribution in [3.05, 3.63) is 22.7 Å². The van der Waals surface area contributed by atoms with Gasteiger partial charge in [0.1, 0.15) is 0 Å². The van der Waals surface area contributed by atoms with Gasteiger partial charge in [0.2, 0.25) is 10.0 Å². The zero-order valence-electron chi connectivity index (χ0n) is 11.5. The van der Waals surface area contributed by atoms with E-state index in [-0.39, 0.29) is 10.9 Å². The Morgan fingerprint density at radius 2 is 2.05 bits per heavy atom. The Morgan fingerprint density at radius 1 is 1.42 bits per heavy atom. The van der Waals surface area contributed by atoms with E-state index in [0.717, 1.165) is 19.3 Å². The van der Waals surface area contributed by atoms with E-state index in [1.165, 1.54) is 12.1 Å². The average molecular weight is 305 g/mol. The van der Waals surface area contributed by atoms with Crippen LogP contribution in [0.5, 0.6) is 0 Å². The number of sulfonamides is 1. The molecule has 6 heteroatoms. The molecule has 0 saturated carbocycles. The fourth-order valence-electron chi connectivity index (χ4n) is 1.73. The van der Waals surface area contributed by atoms with Crippen molar-refractivity contribution in [1.82, 2.24) is 4.72 Å². The summed E-state index contributed by atoms with van der Waals surface area (Å²) in [5.74, 6) is 0. The van der Waals surface area contributed by atoms with Gasteiger partial charge >= 0.3 is 0 Å². The van der Waals surface area contributed by atoms with Crippen molar-refractivity contribution in [3.63, 3.8) is 0 Å². The summed E-state index contributed by atoms with van der Waals surface area (Å²) in [7, 11) is -3.57. The maximum atomic E-state index is 12.2. The summed E-state index contributed by atoms with van der Waals surface area (Å²) in [6.07, 6.45) is 2.83. The Labute approximate surface area is 120 Å². The van der Waals surface area contributed by atoms with Crippen LogP contribution in [0, 0.1) is 6.92 Å². The molecule has 0 radical (unpaired) electrons. The van der Waals surface area contributed by atoms with Gasteiger partial charge in [0.25, 0.3) is 0 Å². The van der Waals surface area contributed by atoms with Gasteiger partial charge in [-0.25, -0.2) is 13.1 Å². The normalized spacial score (nSPS) is 13.5. The van der Waals surface area contributed by atoms with Gasteiger partial charge in [0.05, 0.1) is 4.90 Å². The molecule has 0 aliphatic rings. The first kappa shape index (κ1) is 16.3. The second kappa shape index (κ2) is 6.59. The summed E-state index contributed by atoms with van der Waals surface area (Å²) < 4.78 is 27.0. The fraction of sp³-hybridized carbons (Fsp3) is 0.538. The average Bonchev–Trinajstić information content (AvgIpc) is 2.32. The summed E-state index contributed by atoms with van der Waals surface area (Å²) in [5, 5.41) is 0.363. The van der Waals surface area contributed by atoms with Gasteiger partial charge in [-0.3, -0.25) is 0 Å². The fourth-order valence-corrected chi connectivity index (χ4v) is 3.36. The lowest BCUT2D eigenvalue weighted by molar-refractivity contribution is 0.534. The number of nitrogens with one attached hydrogen (secondary N) is 1. The number of nitrogens with two attached hydrogens (primary N) is 1.